The van der Waals surface area contributed by atoms with Gasteiger partial charge < -0.3 is 0 Å². The average molecular weight is 502 g/mol. The number of rotatable bonds is 5. The Labute approximate surface area is 214 Å². The van der Waals surface area contributed by atoms with E-state index in [0.717, 1.165) is 6.42 Å². The lowest BCUT2D eigenvalue weighted by molar-refractivity contribution is -0.388. The normalized spacial score (nSPS) is 11.1. The monoisotopic (exact) mass is 502 g/mol. The van der Waals surface area contributed by atoms with Crippen molar-refractivity contribution in [2.24, 2.45) is 0 Å². The van der Waals surface area contributed by atoms with Crippen LogP contribution in [-0.2, 0) is 6.42 Å². The van der Waals surface area contributed by atoms with Crippen molar-refractivity contribution < 1.29 is 22.5 Å². The van der Waals surface area contributed by atoms with Crippen molar-refractivity contribution in [3.8, 4) is 0 Å². The minimum atomic E-state index is -2.25. The zero-order chi connectivity index (χ0) is 26.4. The lowest BCUT2D eigenvalue weighted by Crippen LogP contribution is -2.75. The van der Waals surface area contributed by atoms with Gasteiger partial charge in [-0.25, -0.2) is 27.5 Å². The summed E-state index contributed by atoms with van der Waals surface area (Å²) >= 11 is 0. The van der Waals surface area contributed by atoms with Crippen molar-refractivity contribution >= 4 is 28.0 Å². The Kier molecular flexibility index (Phi) is 7.92. The molecule has 37 heavy (non-hydrogen) atoms. The van der Waals surface area contributed by atoms with Gasteiger partial charge in [0.25, 0.3) is 5.82 Å². The highest BCUT2D eigenvalue weighted by atomic mass is 19.1. The van der Waals surface area contributed by atoms with Gasteiger partial charge in [0.2, 0.25) is 0 Å². The molecule has 4 aromatic carbocycles. The summed E-state index contributed by atoms with van der Waals surface area (Å²) in [5.74, 6) is -0.755. The van der Waals surface area contributed by atoms with Crippen molar-refractivity contribution in [3.63, 3.8) is 0 Å². The molecule has 2 nitrogen and oxygen atoms in total. The minimum absolute atomic E-state index is 0.488. The van der Waals surface area contributed by atoms with Gasteiger partial charge in [0.15, 0.2) is 0 Å². The molecule has 2 N–H and O–H groups in total. The molecule has 0 bridgehead atoms. The Morgan fingerprint density at radius 3 is 1.19 bits per heavy atom. The largest absolute Gasteiger partial charge is 0.251 e. The van der Waals surface area contributed by atoms with E-state index in [1.54, 1.807) is 48.5 Å². The van der Waals surface area contributed by atoms with Gasteiger partial charge in [-0.05, 0) is 24.3 Å². The van der Waals surface area contributed by atoms with Crippen LogP contribution in [0.4, 0.5) is 17.6 Å². The van der Waals surface area contributed by atoms with Crippen LogP contribution in [0, 0.1) is 30.2 Å². The number of benzene rings is 4. The Bertz CT molecular complexity index is 1310. The molecule has 0 aliphatic rings. The Morgan fingerprint density at radius 1 is 0.622 bits per heavy atom. The summed E-state index contributed by atoms with van der Waals surface area (Å²) < 4.78 is 57.1. The van der Waals surface area contributed by atoms with Crippen molar-refractivity contribution in [1.82, 2.24) is 4.98 Å². The van der Waals surface area contributed by atoms with E-state index < -0.39 is 29.4 Å². The number of aromatic nitrogens is 2. The number of imidazole rings is 1. The maximum atomic E-state index is 14.3. The minimum Gasteiger partial charge on any atom is -0.247 e. The van der Waals surface area contributed by atoms with Gasteiger partial charge >= 0.3 is 0 Å². The molecule has 0 unspecified atom stereocenters. The van der Waals surface area contributed by atoms with E-state index in [4.69, 9.17) is 0 Å². The number of nitrogens with one attached hydrogen (secondary N) is 2. The van der Waals surface area contributed by atoms with Crippen LogP contribution in [0.5, 0.6) is 0 Å². The zero-order valence-corrected chi connectivity index (χ0v) is 20.6. The molecule has 0 radical (unpaired) electrons. The number of halogens is 4. The predicted octanol–water partition coefficient (Wildman–Crippen LogP) is 4.32. The van der Waals surface area contributed by atoms with Crippen LogP contribution in [0.25, 0.3) is 0 Å². The molecule has 0 atom stereocenters. The highest BCUT2D eigenvalue weighted by Gasteiger charge is 2.32. The molecule has 7 heteroatoms. The zero-order valence-electron chi connectivity index (χ0n) is 20.6. The highest BCUT2D eigenvalue weighted by molar-refractivity contribution is 7.19. The molecule has 0 fully saturated rings. The fourth-order valence-corrected chi connectivity index (χ4v) is 4.95. The fraction of sp³-hybridized carbons (Fsp3) is 0.100. The predicted molar refractivity (Wildman–Crippen MR) is 141 cm³/mol. The molecule has 0 aliphatic heterocycles. The molecule has 0 spiro atoms. The number of hydrogen-bond acceptors (Lipinski definition) is 0. The number of aryl methyl sites for hydroxylation is 2. The molecule has 0 aliphatic carbocycles. The maximum absolute atomic E-state index is 14.3. The molecule has 0 amide bonds. The van der Waals surface area contributed by atoms with Crippen LogP contribution in [0.3, 0.4) is 0 Å². The molecule has 5 rings (SSSR count). The summed E-state index contributed by atoms with van der Waals surface area (Å²) in [7, 11) is 0. The van der Waals surface area contributed by atoms with Gasteiger partial charge in [-0.1, -0.05) is 79.7 Å². The Hall–Kier alpha value is -4.13. The lowest BCUT2D eigenvalue weighted by atomic mass is 9.13. The molecule has 5 aromatic rings. The molecule has 1 heterocycles. The van der Waals surface area contributed by atoms with Crippen molar-refractivity contribution in [2.75, 3.05) is 0 Å². The van der Waals surface area contributed by atoms with Crippen LogP contribution >= 0.6 is 0 Å². The first-order valence-electron chi connectivity index (χ1n) is 12.1. The van der Waals surface area contributed by atoms with E-state index in [-0.39, 0.29) is 0 Å². The molecular formula is C30H27BF4N2. The summed E-state index contributed by atoms with van der Waals surface area (Å²) in [6.07, 6.45) is 0.768. The molecule has 1 aromatic heterocycles. The maximum Gasteiger partial charge on any atom is 0.251 e. The Balaban J connectivity index is 0.000000342. The van der Waals surface area contributed by atoms with Crippen LogP contribution in [0.15, 0.2) is 103 Å². The molecule has 0 saturated heterocycles. The number of H-pyrrole nitrogens is 2. The quantitative estimate of drug-likeness (QED) is 0.274. The summed E-state index contributed by atoms with van der Waals surface area (Å²) in [4.78, 5) is 6.27. The van der Waals surface area contributed by atoms with Gasteiger partial charge in [-0.2, -0.15) is 21.9 Å². The van der Waals surface area contributed by atoms with Gasteiger partial charge in [0.05, 0.1) is 0 Å². The van der Waals surface area contributed by atoms with Crippen molar-refractivity contribution in [1.29, 1.82) is 0 Å². The second-order valence-corrected chi connectivity index (χ2v) is 9.01. The van der Waals surface area contributed by atoms with Gasteiger partial charge in [-0.3, -0.25) is 0 Å². The number of hydrogen-bond donors (Lipinski definition) is 1. The molecule has 188 valence electrons. The Morgan fingerprint density at radius 2 is 0.973 bits per heavy atom. The highest BCUT2D eigenvalue weighted by Crippen LogP contribution is 2.13. The number of aromatic amines is 2. The third-order valence-corrected chi connectivity index (χ3v) is 6.56. The first kappa shape index (κ1) is 26.0. The van der Waals surface area contributed by atoms with Crippen LogP contribution in [-0.4, -0.2) is 11.1 Å². The summed E-state index contributed by atoms with van der Waals surface area (Å²) in [6, 6.07) is 23.5. The topological polar surface area (TPSA) is 29.9 Å². The molecular weight excluding hydrogens is 475 g/mol. The van der Waals surface area contributed by atoms with Gasteiger partial charge in [0, 0.05) is 13.3 Å². The van der Waals surface area contributed by atoms with Crippen LogP contribution < -0.4 is 26.8 Å². The average Bonchev–Trinajstić information content (AvgIpc) is 3.31. The standard InChI is InChI=1S/C24H16BF4.C6H10N2/c26-21-9-1-5-17(13-21)25(18-6-2-10-22(27)14-18,19-7-3-11-23(28)15-19)20-8-4-12-24(29)16-20;1-3-6-7-4-5(2)8-6/h1-16H;4H,3H2,1-2H3,(H,7,8)/q-1;/p+1. The van der Waals surface area contributed by atoms with Crippen LogP contribution in [0.2, 0.25) is 0 Å². The van der Waals surface area contributed by atoms with E-state index in [1.165, 1.54) is 60.0 Å². The fourth-order valence-electron chi connectivity index (χ4n) is 4.95. The summed E-state index contributed by atoms with van der Waals surface area (Å²) in [5, 5.41) is 0. The van der Waals surface area contributed by atoms with E-state index in [2.05, 4.69) is 16.9 Å². The molecule has 0 saturated carbocycles. The van der Waals surface area contributed by atoms with E-state index in [1.807, 2.05) is 13.1 Å². The third kappa shape index (κ3) is 5.66. The van der Waals surface area contributed by atoms with E-state index in [9.17, 15) is 17.6 Å². The van der Waals surface area contributed by atoms with E-state index in [0.29, 0.717) is 21.9 Å². The summed E-state index contributed by atoms with van der Waals surface area (Å²) in [6.45, 7) is 4.15. The summed E-state index contributed by atoms with van der Waals surface area (Å²) in [5.41, 5.74) is 3.17. The van der Waals surface area contributed by atoms with Crippen LogP contribution in [0.1, 0.15) is 18.4 Å². The first-order valence-corrected chi connectivity index (χ1v) is 12.1. The van der Waals surface area contributed by atoms with Gasteiger partial charge in [-0.15, -0.1) is 0 Å². The van der Waals surface area contributed by atoms with Crippen molar-refractivity contribution in [3.05, 3.63) is 138 Å². The lowest BCUT2D eigenvalue weighted by Gasteiger charge is -2.44. The second-order valence-electron chi connectivity index (χ2n) is 9.01. The third-order valence-electron chi connectivity index (χ3n) is 6.56. The SMILES string of the molecule is CCc1[nH]c(C)c[nH+]1.Fc1cccc([B-](c2cccc(F)c2)(c2cccc(F)c2)c2cccc(F)c2)c1. The second kappa shape index (κ2) is 11.3. The van der Waals surface area contributed by atoms with E-state index >= 15 is 0 Å². The van der Waals surface area contributed by atoms with Gasteiger partial charge in [0.1, 0.15) is 41.3 Å². The first-order chi connectivity index (χ1) is 17.8. The smallest absolute Gasteiger partial charge is 0.247 e. The van der Waals surface area contributed by atoms with Crippen molar-refractivity contribution in [2.45, 2.75) is 20.3 Å².